The number of ether oxygens (including phenoxy) is 2. The minimum Gasteiger partial charge on any atom is -0.457 e. The van der Waals surface area contributed by atoms with Crippen LogP contribution < -0.4 is 10.1 Å². The molecule has 0 aliphatic carbocycles. The van der Waals surface area contributed by atoms with E-state index in [-0.39, 0.29) is 5.78 Å². The zero-order valence-electron chi connectivity index (χ0n) is 17.1. The van der Waals surface area contributed by atoms with E-state index < -0.39 is 23.9 Å². The summed E-state index contributed by atoms with van der Waals surface area (Å²) in [6.07, 6.45) is -1.03. The van der Waals surface area contributed by atoms with Crippen LogP contribution in [0.15, 0.2) is 72.8 Å². The van der Waals surface area contributed by atoms with E-state index >= 15 is 0 Å². The molecule has 0 radical (unpaired) electrons. The minimum absolute atomic E-state index is 0.104. The Bertz CT molecular complexity index is 1120. The lowest BCUT2D eigenvalue weighted by atomic mass is 9.88. The van der Waals surface area contributed by atoms with Gasteiger partial charge in [-0.15, -0.1) is 0 Å². The van der Waals surface area contributed by atoms with Crippen molar-refractivity contribution in [2.45, 2.75) is 25.9 Å². The minimum atomic E-state index is -1.03. The van der Waals surface area contributed by atoms with Crippen LogP contribution in [0.1, 0.15) is 41.3 Å². The van der Waals surface area contributed by atoms with E-state index in [9.17, 15) is 14.4 Å². The highest BCUT2D eigenvalue weighted by molar-refractivity contribution is 5.99. The molecule has 0 saturated heterocycles. The summed E-state index contributed by atoms with van der Waals surface area (Å²) in [5.74, 6) is -0.654. The molecule has 1 atom stereocenters. The third-order valence-corrected chi connectivity index (χ3v) is 5.11. The van der Waals surface area contributed by atoms with Crippen molar-refractivity contribution in [1.29, 1.82) is 0 Å². The lowest BCUT2D eigenvalue weighted by molar-refractivity contribution is -0.153. The molecule has 0 aromatic heterocycles. The fourth-order valence-electron chi connectivity index (χ4n) is 3.52. The maximum absolute atomic E-state index is 13.1. The van der Waals surface area contributed by atoms with Crippen molar-refractivity contribution in [3.05, 3.63) is 89.5 Å². The van der Waals surface area contributed by atoms with Crippen LogP contribution in [0, 0.1) is 0 Å². The van der Waals surface area contributed by atoms with Crippen LogP contribution in [-0.4, -0.2) is 23.8 Å². The summed E-state index contributed by atoms with van der Waals surface area (Å²) in [6.45, 7) is 2.97. The summed E-state index contributed by atoms with van der Waals surface area (Å²) < 4.78 is 11.4. The summed E-state index contributed by atoms with van der Waals surface area (Å²) in [7, 11) is 0. The van der Waals surface area contributed by atoms with E-state index in [2.05, 4.69) is 5.32 Å². The van der Waals surface area contributed by atoms with Crippen LogP contribution in [-0.2, 0) is 14.3 Å². The third-order valence-electron chi connectivity index (χ3n) is 5.11. The first kappa shape index (κ1) is 20.3. The Hall–Kier alpha value is -3.93. The number of carbonyl (C=O) groups is 3. The van der Waals surface area contributed by atoms with Crippen molar-refractivity contribution < 1.29 is 23.9 Å². The number of ketones is 1. The van der Waals surface area contributed by atoms with Crippen molar-refractivity contribution in [2.24, 2.45) is 0 Å². The van der Waals surface area contributed by atoms with E-state index in [4.69, 9.17) is 9.47 Å². The van der Waals surface area contributed by atoms with Gasteiger partial charge in [-0.05, 0) is 38.1 Å². The Kier molecular flexibility index (Phi) is 5.54. The number of rotatable bonds is 5. The predicted molar refractivity (Wildman–Crippen MR) is 115 cm³/mol. The molecule has 6 nitrogen and oxygen atoms in total. The van der Waals surface area contributed by atoms with E-state index in [0.717, 1.165) is 0 Å². The molecule has 1 amide bonds. The number of nitrogens with one attached hydrogen (secondary N) is 1. The molecule has 156 valence electrons. The molecule has 4 rings (SSSR count). The van der Waals surface area contributed by atoms with Crippen molar-refractivity contribution in [3.8, 4) is 11.5 Å². The number of para-hydroxylation sites is 2. The maximum atomic E-state index is 13.1. The highest BCUT2D eigenvalue weighted by Gasteiger charge is 2.35. The van der Waals surface area contributed by atoms with Gasteiger partial charge in [0.15, 0.2) is 11.9 Å². The smallest absolute Gasteiger partial charge is 0.318 e. The van der Waals surface area contributed by atoms with Crippen LogP contribution in [0.3, 0.4) is 0 Å². The molecule has 0 bridgehead atoms. The molecule has 0 fully saturated rings. The number of anilines is 1. The summed E-state index contributed by atoms with van der Waals surface area (Å²) in [5, 5.41) is 2.69. The first-order chi connectivity index (χ1) is 14.9. The van der Waals surface area contributed by atoms with Crippen LogP contribution >= 0.6 is 0 Å². The van der Waals surface area contributed by atoms with E-state index in [1.807, 2.05) is 36.4 Å². The molecule has 3 aromatic carbocycles. The average molecular weight is 415 g/mol. The zero-order chi connectivity index (χ0) is 22.0. The van der Waals surface area contributed by atoms with Crippen LogP contribution in [0.5, 0.6) is 11.5 Å². The van der Waals surface area contributed by atoms with Crippen molar-refractivity contribution >= 4 is 23.3 Å². The monoisotopic (exact) mass is 415 g/mol. The zero-order valence-corrected chi connectivity index (χ0v) is 17.1. The van der Waals surface area contributed by atoms with E-state index in [1.165, 1.54) is 13.8 Å². The predicted octanol–water partition coefficient (Wildman–Crippen LogP) is 4.70. The molecule has 1 N–H and O–H groups in total. The molecule has 31 heavy (non-hydrogen) atoms. The van der Waals surface area contributed by atoms with Crippen LogP contribution in [0.25, 0.3) is 0 Å². The topological polar surface area (TPSA) is 81.7 Å². The molecule has 3 aromatic rings. The van der Waals surface area contributed by atoms with Gasteiger partial charge in [0.2, 0.25) is 0 Å². The second kappa shape index (κ2) is 8.44. The lowest BCUT2D eigenvalue weighted by Gasteiger charge is -2.27. The van der Waals surface area contributed by atoms with E-state index in [0.29, 0.717) is 33.9 Å². The number of hydrogen-bond acceptors (Lipinski definition) is 5. The summed E-state index contributed by atoms with van der Waals surface area (Å²) in [4.78, 5) is 37.3. The summed E-state index contributed by atoms with van der Waals surface area (Å²) in [6, 6.07) is 21.1. The molecular formula is C25H21NO5. The Morgan fingerprint density at radius 1 is 0.903 bits per heavy atom. The standard InChI is InChI=1S/C25H21NO5/c1-15(27)17-8-7-9-18(14-17)26-24(28)16(2)30-25(29)23-19-10-3-5-12-21(19)31-22-13-6-4-11-20(22)23/h3-14,16,23H,1-2H3,(H,26,28)/t16-/m1/s1. The van der Waals surface area contributed by atoms with Gasteiger partial charge >= 0.3 is 5.97 Å². The fraction of sp³-hybridized carbons (Fsp3) is 0.160. The van der Waals surface area contributed by atoms with Crippen LogP contribution in [0.4, 0.5) is 5.69 Å². The first-order valence-corrected chi connectivity index (χ1v) is 9.92. The van der Waals surface area contributed by atoms with Gasteiger partial charge in [-0.3, -0.25) is 14.4 Å². The van der Waals surface area contributed by atoms with Crippen LogP contribution in [0.2, 0.25) is 0 Å². The summed E-state index contributed by atoms with van der Waals surface area (Å²) >= 11 is 0. The molecule has 6 heteroatoms. The highest BCUT2D eigenvalue weighted by Crippen LogP contribution is 2.44. The van der Waals surface area contributed by atoms with Gasteiger partial charge in [0.25, 0.3) is 5.91 Å². The largest absolute Gasteiger partial charge is 0.457 e. The number of hydrogen-bond donors (Lipinski definition) is 1. The Balaban J connectivity index is 1.52. The molecule has 0 spiro atoms. The molecule has 0 saturated carbocycles. The number of fused-ring (bicyclic) bond motifs is 2. The van der Waals surface area contributed by atoms with Gasteiger partial charge in [0.1, 0.15) is 17.4 Å². The second-order valence-electron chi connectivity index (χ2n) is 7.32. The second-order valence-corrected chi connectivity index (χ2v) is 7.32. The number of Topliss-reactive ketones (excluding diaryl/α,β-unsaturated/α-hetero) is 1. The number of esters is 1. The highest BCUT2D eigenvalue weighted by atomic mass is 16.5. The molecular weight excluding hydrogens is 394 g/mol. The summed E-state index contributed by atoms with van der Waals surface area (Å²) in [5.41, 5.74) is 2.32. The quantitative estimate of drug-likeness (QED) is 0.483. The average Bonchev–Trinajstić information content (AvgIpc) is 2.77. The van der Waals surface area contributed by atoms with Gasteiger partial charge in [-0.2, -0.15) is 0 Å². The Morgan fingerprint density at radius 3 is 2.13 bits per heavy atom. The third kappa shape index (κ3) is 4.19. The lowest BCUT2D eigenvalue weighted by Crippen LogP contribution is -2.32. The van der Waals surface area contributed by atoms with Gasteiger partial charge in [0.05, 0.1) is 0 Å². The Labute approximate surface area is 179 Å². The van der Waals surface area contributed by atoms with E-state index in [1.54, 1.807) is 36.4 Å². The fourth-order valence-corrected chi connectivity index (χ4v) is 3.52. The Morgan fingerprint density at radius 2 is 1.52 bits per heavy atom. The van der Waals surface area contributed by atoms with Gasteiger partial charge in [-0.1, -0.05) is 48.5 Å². The first-order valence-electron chi connectivity index (χ1n) is 9.92. The number of carbonyl (C=O) groups excluding carboxylic acids is 3. The normalized spacial score (nSPS) is 13.2. The van der Waals surface area contributed by atoms with Crippen molar-refractivity contribution in [1.82, 2.24) is 0 Å². The maximum Gasteiger partial charge on any atom is 0.318 e. The van der Waals surface area contributed by atoms with Gasteiger partial charge in [-0.25, -0.2) is 0 Å². The number of benzene rings is 3. The van der Waals surface area contributed by atoms with Crippen molar-refractivity contribution in [2.75, 3.05) is 5.32 Å². The molecule has 1 heterocycles. The molecule has 0 unspecified atom stereocenters. The SMILES string of the molecule is CC(=O)c1cccc(NC(=O)[C@@H](C)OC(=O)C2c3ccccc3Oc3ccccc32)c1. The van der Waals surface area contributed by atoms with Crippen molar-refractivity contribution in [3.63, 3.8) is 0 Å². The molecule has 1 aliphatic rings. The van der Waals surface area contributed by atoms with Gasteiger partial charge in [0, 0.05) is 22.4 Å². The number of amides is 1. The molecule has 1 aliphatic heterocycles. The van der Waals surface area contributed by atoms with Gasteiger partial charge < -0.3 is 14.8 Å².